The van der Waals surface area contributed by atoms with E-state index in [0.717, 1.165) is 0 Å². The van der Waals surface area contributed by atoms with E-state index in [1.807, 2.05) is 6.07 Å². The van der Waals surface area contributed by atoms with Crippen LogP contribution in [0.5, 0.6) is 5.75 Å². The van der Waals surface area contributed by atoms with Gasteiger partial charge in [-0.2, -0.15) is 5.26 Å². The first kappa shape index (κ1) is 15.9. The summed E-state index contributed by atoms with van der Waals surface area (Å²) in [5.74, 6) is -0.373. The van der Waals surface area contributed by atoms with Crippen molar-refractivity contribution >= 4 is 5.91 Å². The van der Waals surface area contributed by atoms with Gasteiger partial charge in [0, 0.05) is 0 Å². The van der Waals surface area contributed by atoms with Gasteiger partial charge in [0.1, 0.15) is 17.4 Å². The molecular formula is C13H16N2O5. The Bertz CT molecular complexity index is 486. The first-order valence-corrected chi connectivity index (χ1v) is 5.86. The molecule has 0 aliphatic rings. The minimum Gasteiger partial charge on any atom is -0.482 e. The van der Waals surface area contributed by atoms with Crippen molar-refractivity contribution in [2.45, 2.75) is 5.54 Å². The van der Waals surface area contributed by atoms with E-state index in [4.69, 9.17) is 25.3 Å². The Balaban J connectivity index is 2.62. The van der Waals surface area contributed by atoms with Crippen molar-refractivity contribution in [3.8, 4) is 11.8 Å². The number of hydrogen-bond acceptors (Lipinski definition) is 6. The monoisotopic (exact) mass is 280 g/mol. The number of amides is 1. The molecule has 20 heavy (non-hydrogen) atoms. The number of para-hydroxylation sites is 1. The average molecular weight is 280 g/mol. The van der Waals surface area contributed by atoms with Crippen molar-refractivity contribution < 1.29 is 24.9 Å². The van der Waals surface area contributed by atoms with E-state index in [-0.39, 0.29) is 11.3 Å². The van der Waals surface area contributed by atoms with Crippen LogP contribution in [-0.4, -0.2) is 53.2 Å². The lowest BCUT2D eigenvalue weighted by Gasteiger charge is -2.28. The van der Waals surface area contributed by atoms with Gasteiger partial charge in [0.2, 0.25) is 0 Å². The van der Waals surface area contributed by atoms with Gasteiger partial charge in [-0.15, -0.1) is 0 Å². The quantitative estimate of drug-likeness (QED) is 0.496. The van der Waals surface area contributed by atoms with E-state index < -0.39 is 37.9 Å². The highest BCUT2D eigenvalue weighted by atomic mass is 16.5. The van der Waals surface area contributed by atoms with Crippen molar-refractivity contribution in [2.24, 2.45) is 0 Å². The summed E-state index contributed by atoms with van der Waals surface area (Å²) in [6, 6.07) is 8.34. The molecule has 0 saturated carbocycles. The fraction of sp³-hybridized carbons (Fsp3) is 0.385. The largest absolute Gasteiger partial charge is 0.482 e. The number of rotatable bonds is 7. The fourth-order valence-electron chi connectivity index (χ4n) is 1.43. The molecular weight excluding hydrogens is 264 g/mol. The van der Waals surface area contributed by atoms with Crippen LogP contribution < -0.4 is 10.1 Å². The zero-order valence-corrected chi connectivity index (χ0v) is 10.7. The van der Waals surface area contributed by atoms with Crippen LogP contribution in [0.3, 0.4) is 0 Å². The molecule has 1 amide bonds. The Hall–Kier alpha value is -2.14. The molecule has 0 aromatic heterocycles. The lowest BCUT2D eigenvalue weighted by molar-refractivity contribution is -0.127. The van der Waals surface area contributed by atoms with E-state index in [9.17, 15) is 4.79 Å². The molecule has 0 fully saturated rings. The standard InChI is InChI=1S/C13H16N2O5/c14-5-10-3-1-2-4-11(10)20-6-12(19)15-13(7-16,8-17)9-18/h1-4,16-18H,6-9H2,(H,15,19). The second-order valence-electron chi connectivity index (χ2n) is 4.20. The van der Waals surface area contributed by atoms with Crippen molar-refractivity contribution in [2.75, 3.05) is 26.4 Å². The molecule has 0 unspecified atom stereocenters. The number of nitrogens with zero attached hydrogens (tertiary/aromatic N) is 1. The summed E-state index contributed by atoms with van der Waals surface area (Å²) in [6.45, 7) is -2.23. The van der Waals surface area contributed by atoms with E-state index in [2.05, 4.69) is 5.32 Å². The molecule has 0 aliphatic carbocycles. The molecule has 0 heterocycles. The van der Waals surface area contributed by atoms with Crippen LogP contribution in [0, 0.1) is 11.3 Å². The maximum Gasteiger partial charge on any atom is 0.258 e. The smallest absolute Gasteiger partial charge is 0.258 e. The van der Waals surface area contributed by atoms with Crippen LogP contribution >= 0.6 is 0 Å². The molecule has 4 N–H and O–H groups in total. The van der Waals surface area contributed by atoms with Crippen molar-refractivity contribution in [3.63, 3.8) is 0 Å². The van der Waals surface area contributed by atoms with Crippen LogP contribution in [0.15, 0.2) is 24.3 Å². The van der Waals surface area contributed by atoms with Crippen LogP contribution in [-0.2, 0) is 4.79 Å². The third kappa shape index (κ3) is 3.93. The number of hydrogen-bond donors (Lipinski definition) is 4. The molecule has 0 atom stereocenters. The molecule has 0 saturated heterocycles. The first-order valence-electron chi connectivity index (χ1n) is 5.86. The Labute approximate surface area is 116 Å². The zero-order valence-electron chi connectivity index (χ0n) is 10.7. The maximum absolute atomic E-state index is 11.7. The second-order valence-corrected chi connectivity index (χ2v) is 4.20. The van der Waals surface area contributed by atoms with Crippen LogP contribution in [0.2, 0.25) is 0 Å². The first-order chi connectivity index (χ1) is 9.60. The van der Waals surface area contributed by atoms with E-state index in [0.29, 0.717) is 0 Å². The molecule has 1 aromatic rings. The summed E-state index contributed by atoms with van der Waals surface area (Å²) in [6.07, 6.45) is 0. The normalized spacial score (nSPS) is 10.7. The highest BCUT2D eigenvalue weighted by Gasteiger charge is 2.30. The third-order valence-electron chi connectivity index (χ3n) is 2.68. The number of aliphatic hydroxyl groups is 3. The third-order valence-corrected chi connectivity index (χ3v) is 2.68. The number of carbonyl (C=O) groups is 1. The van der Waals surface area contributed by atoms with E-state index in [1.165, 1.54) is 0 Å². The van der Waals surface area contributed by atoms with Gasteiger partial charge in [0.25, 0.3) is 5.91 Å². The topological polar surface area (TPSA) is 123 Å². The van der Waals surface area contributed by atoms with Gasteiger partial charge in [-0.25, -0.2) is 0 Å². The molecule has 0 radical (unpaired) electrons. The van der Waals surface area contributed by atoms with E-state index in [1.54, 1.807) is 24.3 Å². The van der Waals surface area contributed by atoms with Gasteiger partial charge >= 0.3 is 0 Å². The van der Waals surface area contributed by atoms with Gasteiger partial charge in [-0.05, 0) is 12.1 Å². The minimum atomic E-state index is -1.49. The minimum absolute atomic E-state index is 0.257. The zero-order chi connectivity index (χ0) is 15.0. The highest BCUT2D eigenvalue weighted by molar-refractivity contribution is 5.78. The van der Waals surface area contributed by atoms with Gasteiger partial charge in [0.15, 0.2) is 6.61 Å². The van der Waals surface area contributed by atoms with Crippen molar-refractivity contribution in [3.05, 3.63) is 29.8 Å². The molecule has 1 aromatic carbocycles. The van der Waals surface area contributed by atoms with Gasteiger partial charge in [0.05, 0.1) is 25.4 Å². The summed E-state index contributed by atoms with van der Waals surface area (Å²) in [7, 11) is 0. The summed E-state index contributed by atoms with van der Waals surface area (Å²) in [4.78, 5) is 11.7. The Morgan fingerprint density at radius 3 is 2.40 bits per heavy atom. The van der Waals surface area contributed by atoms with Gasteiger partial charge in [-0.3, -0.25) is 4.79 Å². The predicted molar refractivity (Wildman–Crippen MR) is 68.8 cm³/mol. The molecule has 0 aliphatic heterocycles. The Morgan fingerprint density at radius 2 is 1.85 bits per heavy atom. The number of benzene rings is 1. The summed E-state index contributed by atoms with van der Waals surface area (Å²) in [5.41, 5.74) is -1.20. The van der Waals surface area contributed by atoms with E-state index >= 15 is 0 Å². The number of carbonyl (C=O) groups excluding carboxylic acids is 1. The molecule has 7 nitrogen and oxygen atoms in total. The van der Waals surface area contributed by atoms with Crippen LogP contribution in [0.1, 0.15) is 5.56 Å². The summed E-state index contributed by atoms with van der Waals surface area (Å²) < 4.78 is 5.19. The van der Waals surface area contributed by atoms with Gasteiger partial charge in [-0.1, -0.05) is 12.1 Å². The molecule has 0 bridgehead atoms. The molecule has 0 spiro atoms. The lowest BCUT2D eigenvalue weighted by Crippen LogP contribution is -2.58. The Morgan fingerprint density at radius 1 is 1.25 bits per heavy atom. The van der Waals surface area contributed by atoms with Crippen molar-refractivity contribution in [1.29, 1.82) is 5.26 Å². The predicted octanol–water partition coefficient (Wildman–Crippen LogP) is -1.23. The summed E-state index contributed by atoms with van der Waals surface area (Å²) >= 11 is 0. The summed E-state index contributed by atoms with van der Waals surface area (Å²) in [5, 5.41) is 38.4. The molecule has 108 valence electrons. The van der Waals surface area contributed by atoms with Crippen LogP contribution in [0.4, 0.5) is 0 Å². The Kier molecular flexibility index (Phi) is 5.93. The maximum atomic E-state index is 11.7. The van der Waals surface area contributed by atoms with Gasteiger partial charge < -0.3 is 25.4 Å². The van der Waals surface area contributed by atoms with Crippen LogP contribution in [0.25, 0.3) is 0 Å². The molecule has 7 heteroatoms. The lowest BCUT2D eigenvalue weighted by atomic mass is 10.0. The highest BCUT2D eigenvalue weighted by Crippen LogP contribution is 2.16. The fourth-order valence-corrected chi connectivity index (χ4v) is 1.43. The number of nitriles is 1. The second kappa shape index (κ2) is 7.45. The number of ether oxygens (including phenoxy) is 1. The number of nitrogens with one attached hydrogen (secondary N) is 1. The average Bonchev–Trinajstić information content (AvgIpc) is 2.51. The SMILES string of the molecule is N#Cc1ccccc1OCC(=O)NC(CO)(CO)CO. The number of aliphatic hydroxyl groups excluding tert-OH is 3. The molecule has 1 rings (SSSR count). The van der Waals surface area contributed by atoms with Crippen molar-refractivity contribution in [1.82, 2.24) is 5.32 Å².